The van der Waals surface area contributed by atoms with E-state index in [1.807, 2.05) is 0 Å². The highest BCUT2D eigenvalue weighted by Crippen LogP contribution is 2.80. The van der Waals surface area contributed by atoms with E-state index < -0.39 is 0 Å². The first kappa shape index (κ1) is 12.2. The molecule has 3 fully saturated rings. The molecule has 17 heavy (non-hydrogen) atoms. The molecule has 6 atom stereocenters. The number of halogens is 1. The zero-order valence-electron chi connectivity index (χ0n) is 11.3. The van der Waals surface area contributed by atoms with Crippen molar-refractivity contribution in [3.63, 3.8) is 0 Å². The summed E-state index contributed by atoms with van der Waals surface area (Å²) in [5.74, 6) is 1.33. The van der Waals surface area contributed by atoms with Gasteiger partial charge >= 0.3 is 0 Å². The lowest BCUT2D eigenvalue weighted by atomic mass is 9.37. The van der Waals surface area contributed by atoms with E-state index in [4.69, 9.17) is 0 Å². The van der Waals surface area contributed by atoms with Gasteiger partial charge in [-0.15, -0.1) is 0 Å². The van der Waals surface area contributed by atoms with Crippen molar-refractivity contribution in [1.82, 2.24) is 0 Å². The summed E-state index contributed by atoms with van der Waals surface area (Å²) in [4.78, 5) is 12.9. The van der Waals surface area contributed by atoms with Crippen LogP contribution in [0.15, 0.2) is 0 Å². The fourth-order valence-corrected chi connectivity index (χ4v) is 7.08. The highest BCUT2D eigenvalue weighted by Gasteiger charge is 2.76. The molecule has 3 aliphatic rings. The third kappa shape index (κ3) is 1.03. The number of ketones is 1. The van der Waals surface area contributed by atoms with Gasteiger partial charge in [-0.1, -0.05) is 43.6 Å². The van der Waals surface area contributed by atoms with Gasteiger partial charge in [0.15, 0.2) is 0 Å². The van der Waals surface area contributed by atoms with Gasteiger partial charge in [0.25, 0.3) is 0 Å². The predicted molar refractivity (Wildman–Crippen MR) is 73.2 cm³/mol. The van der Waals surface area contributed by atoms with Crippen LogP contribution in [0, 0.1) is 28.1 Å². The second kappa shape index (κ2) is 3.18. The van der Waals surface area contributed by atoms with Gasteiger partial charge in [0, 0.05) is 17.2 Å². The van der Waals surface area contributed by atoms with Crippen LogP contribution in [-0.4, -0.2) is 10.6 Å². The predicted octanol–water partition coefficient (Wildman–Crippen LogP) is 4.19. The Hall–Kier alpha value is 0.150. The summed E-state index contributed by atoms with van der Waals surface area (Å²) in [6.07, 6.45) is 4.61. The van der Waals surface area contributed by atoms with Crippen molar-refractivity contribution in [2.75, 3.05) is 0 Å². The Kier molecular flexibility index (Phi) is 2.28. The molecule has 0 amide bonds. The zero-order chi connectivity index (χ0) is 12.6. The molecule has 0 heterocycles. The topological polar surface area (TPSA) is 17.1 Å². The largest absolute Gasteiger partial charge is 0.299 e. The summed E-state index contributed by atoms with van der Waals surface area (Å²) in [6, 6.07) is 0. The van der Waals surface area contributed by atoms with Crippen molar-refractivity contribution in [3.8, 4) is 0 Å². The molecule has 0 aromatic rings. The number of alkyl halides is 1. The zero-order valence-corrected chi connectivity index (χ0v) is 12.9. The molecule has 0 N–H and O–H groups in total. The minimum Gasteiger partial charge on any atom is -0.299 e. The summed E-state index contributed by atoms with van der Waals surface area (Å²) in [5.41, 5.74) is 0.996. The number of Topliss-reactive ketones (excluding diaryl/α,β-unsaturated/α-hetero) is 1. The molecule has 96 valence electrons. The van der Waals surface area contributed by atoms with Crippen molar-refractivity contribution >= 4 is 21.7 Å². The molecular formula is C15H23BrO. The molecule has 3 rings (SSSR count). The van der Waals surface area contributed by atoms with Crippen LogP contribution in [0.1, 0.15) is 53.4 Å². The Balaban J connectivity index is 2.17. The Morgan fingerprint density at radius 3 is 2.35 bits per heavy atom. The summed E-state index contributed by atoms with van der Waals surface area (Å²) in [5, 5.41) is 0. The average Bonchev–Trinajstić information content (AvgIpc) is 2.34. The normalized spacial score (nSPS) is 61.7. The molecule has 0 aliphatic heterocycles. The van der Waals surface area contributed by atoms with Crippen molar-refractivity contribution in [3.05, 3.63) is 0 Å². The summed E-state index contributed by atoms with van der Waals surface area (Å²) in [7, 11) is 0. The van der Waals surface area contributed by atoms with E-state index in [-0.39, 0.29) is 11.3 Å². The van der Waals surface area contributed by atoms with Gasteiger partial charge in [0.1, 0.15) is 5.78 Å². The highest BCUT2D eigenvalue weighted by molar-refractivity contribution is 9.09. The summed E-state index contributed by atoms with van der Waals surface area (Å²) < 4.78 is 0. The molecule has 2 heteroatoms. The molecule has 0 unspecified atom stereocenters. The van der Waals surface area contributed by atoms with Crippen LogP contribution in [0.5, 0.6) is 0 Å². The van der Waals surface area contributed by atoms with Gasteiger partial charge in [-0.2, -0.15) is 0 Å². The van der Waals surface area contributed by atoms with Gasteiger partial charge in [-0.3, -0.25) is 4.79 Å². The van der Waals surface area contributed by atoms with Gasteiger partial charge in [0.2, 0.25) is 0 Å². The summed E-state index contributed by atoms with van der Waals surface area (Å²) >= 11 is 3.94. The first-order chi connectivity index (χ1) is 7.79. The monoisotopic (exact) mass is 298 g/mol. The van der Waals surface area contributed by atoms with E-state index in [1.165, 1.54) is 19.3 Å². The Labute approximate surface area is 113 Å². The SMILES string of the molecule is C[C@@H]1C(=O)C[C@H](C)[C@@]2(C)C[C@H](Br)[C@]3(C)CC[C@@]132. The van der Waals surface area contributed by atoms with Crippen LogP contribution in [0.2, 0.25) is 0 Å². The molecule has 0 saturated heterocycles. The standard InChI is InChI=1S/C15H23BrO/c1-9-7-11(17)10(2)15-6-5-13(15,3)12(16)8-14(9,15)4/h9-10,12H,5-8H2,1-4H3/t9-,10+,12-,13-,14+,15+/m0/s1. The number of rotatable bonds is 0. The Morgan fingerprint density at radius 2 is 1.82 bits per heavy atom. The highest BCUT2D eigenvalue weighted by atomic mass is 79.9. The van der Waals surface area contributed by atoms with Gasteiger partial charge in [-0.05, 0) is 41.4 Å². The van der Waals surface area contributed by atoms with Crippen LogP contribution in [0.25, 0.3) is 0 Å². The van der Waals surface area contributed by atoms with Gasteiger partial charge in [0.05, 0.1) is 0 Å². The minimum atomic E-state index is 0.269. The van der Waals surface area contributed by atoms with Crippen molar-refractivity contribution in [2.45, 2.75) is 58.2 Å². The number of carbonyl (C=O) groups is 1. The smallest absolute Gasteiger partial charge is 0.136 e. The molecule has 0 bridgehead atoms. The van der Waals surface area contributed by atoms with Crippen LogP contribution in [0.4, 0.5) is 0 Å². The van der Waals surface area contributed by atoms with Crippen LogP contribution in [-0.2, 0) is 4.79 Å². The van der Waals surface area contributed by atoms with Crippen LogP contribution in [0.3, 0.4) is 0 Å². The van der Waals surface area contributed by atoms with Crippen LogP contribution >= 0.6 is 15.9 Å². The molecule has 1 spiro atoms. The summed E-state index contributed by atoms with van der Waals surface area (Å²) in [6.45, 7) is 9.38. The molecule has 3 saturated carbocycles. The molecule has 0 aromatic heterocycles. The quantitative estimate of drug-likeness (QED) is 0.613. The second-order valence-electron chi connectivity index (χ2n) is 7.27. The van der Waals surface area contributed by atoms with E-state index in [9.17, 15) is 4.79 Å². The fraction of sp³-hybridized carbons (Fsp3) is 0.933. The molecule has 3 aliphatic carbocycles. The first-order valence-electron chi connectivity index (χ1n) is 6.96. The van der Waals surface area contributed by atoms with Crippen molar-refractivity contribution < 1.29 is 4.79 Å². The molecule has 1 nitrogen and oxygen atoms in total. The molecular weight excluding hydrogens is 276 g/mol. The van der Waals surface area contributed by atoms with E-state index in [0.717, 1.165) is 6.42 Å². The number of hydrogen-bond donors (Lipinski definition) is 0. The van der Waals surface area contributed by atoms with Gasteiger partial charge < -0.3 is 0 Å². The van der Waals surface area contributed by atoms with Gasteiger partial charge in [-0.25, -0.2) is 0 Å². The number of carbonyl (C=O) groups excluding carboxylic acids is 1. The lowest BCUT2D eigenvalue weighted by Gasteiger charge is -2.67. The van der Waals surface area contributed by atoms with E-state index >= 15 is 0 Å². The van der Waals surface area contributed by atoms with Crippen molar-refractivity contribution in [2.24, 2.45) is 28.1 Å². The van der Waals surface area contributed by atoms with E-state index in [1.54, 1.807) is 0 Å². The molecule has 0 radical (unpaired) electrons. The molecule has 0 aromatic carbocycles. The Bertz CT molecular complexity index is 392. The third-order valence-electron chi connectivity index (χ3n) is 7.19. The van der Waals surface area contributed by atoms with E-state index in [0.29, 0.717) is 27.4 Å². The maximum Gasteiger partial charge on any atom is 0.136 e. The maximum absolute atomic E-state index is 12.3. The lowest BCUT2D eigenvalue weighted by molar-refractivity contribution is -0.191. The fourth-order valence-electron chi connectivity index (χ4n) is 5.77. The minimum absolute atomic E-state index is 0.269. The van der Waals surface area contributed by atoms with Crippen LogP contribution < -0.4 is 0 Å². The average molecular weight is 299 g/mol. The van der Waals surface area contributed by atoms with Crippen molar-refractivity contribution in [1.29, 1.82) is 0 Å². The second-order valence-corrected chi connectivity index (χ2v) is 8.38. The van der Waals surface area contributed by atoms with E-state index in [2.05, 4.69) is 43.6 Å². The third-order valence-corrected chi connectivity index (χ3v) is 8.52. The Morgan fingerprint density at radius 1 is 1.18 bits per heavy atom. The maximum atomic E-state index is 12.3. The number of hydrogen-bond acceptors (Lipinski definition) is 1. The first-order valence-corrected chi connectivity index (χ1v) is 7.88. The lowest BCUT2D eigenvalue weighted by Crippen LogP contribution is -2.63.